The number of nitrogens with one attached hydrogen (secondary N) is 2. The Kier molecular flexibility index (Phi) is 4.38. The van der Waals surface area contributed by atoms with Gasteiger partial charge in [-0.15, -0.1) is 0 Å². The lowest BCUT2D eigenvalue weighted by atomic mass is 10.1. The fourth-order valence-electron chi connectivity index (χ4n) is 3.20. The number of hydrogen-bond acceptors (Lipinski definition) is 3. The number of nitrogens with zero attached hydrogens (tertiary/aromatic N) is 2. The van der Waals surface area contributed by atoms with E-state index in [4.69, 9.17) is 0 Å². The standard InChI is InChI=1S/C20H16F2N4O2/c1-11-18(12-6-8-13(21)9-7-12)25-26-16(10-17(27)24-19(11)26)20(28)23-15-5-3-2-4-14(15)22/h2-9,16H,10H2,1H3,(H,23,28)(H,24,27)/t16-/m1/s1. The Balaban J connectivity index is 1.71. The number of carbonyl (C=O) groups is 2. The lowest BCUT2D eigenvalue weighted by Crippen LogP contribution is -2.36. The third-order valence-corrected chi connectivity index (χ3v) is 4.63. The van der Waals surface area contributed by atoms with Gasteiger partial charge in [0, 0.05) is 11.1 Å². The van der Waals surface area contributed by atoms with Crippen LogP contribution in [0.25, 0.3) is 11.3 Å². The van der Waals surface area contributed by atoms with Gasteiger partial charge in [-0.25, -0.2) is 13.5 Å². The molecule has 142 valence electrons. The van der Waals surface area contributed by atoms with Gasteiger partial charge in [0.25, 0.3) is 0 Å². The minimum atomic E-state index is -0.934. The molecule has 28 heavy (non-hydrogen) atoms. The van der Waals surface area contributed by atoms with Crippen molar-refractivity contribution in [3.63, 3.8) is 0 Å². The Morgan fingerprint density at radius 2 is 1.89 bits per heavy atom. The molecule has 2 heterocycles. The third-order valence-electron chi connectivity index (χ3n) is 4.63. The number of halogens is 2. The summed E-state index contributed by atoms with van der Waals surface area (Å²) >= 11 is 0. The summed E-state index contributed by atoms with van der Waals surface area (Å²) in [5.41, 5.74) is 1.87. The SMILES string of the molecule is Cc1c(-c2ccc(F)cc2)nn2c1NC(=O)C[C@@H]2C(=O)Nc1ccccc1F. The van der Waals surface area contributed by atoms with E-state index in [0.29, 0.717) is 22.6 Å². The van der Waals surface area contributed by atoms with Gasteiger partial charge < -0.3 is 10.6 Å². The highest BCUT2D eigenvalue weighted by Crippen LogP contribution is 2.34. The first-order valence-corrected chi connectivity index (χ1v) is 8.64. The summed E-state index contributed by atoms with van der Waals surface area (Å²) in [6, 6.07) is 10.6. The molecular formula is C20H16F2N4O2. The van der Waals surface area contributed by atoms with E-state index in [1.807, 2.05) is 0 Å². The van der Waals surface area contributed by atoms with E-state index in [1.54, 1.807) is 25.1 Å². The number of carbonyl (C=O) groups excluding carboxylic acids is 2. The number of aromatic nitrogens is 2. The quantitative estimate of drug-likeness (QED) is 0.726. The third kappa shape index (κ3) is 3.13. The molecule has 8 heteroatoms. The summed E-state index contributed by atoms with van der Waals surface area (Å²) in [6.07, 6.45) is -0.128. The van der Waals surface area contributed by atoms with E-state index in [0.717, 1.165) is 0 Å². The molecule has 1 aromatic heterocycles. The highest BCUT2D eigenvalue weighted by Gasteiger charge is 2.34. The van der Waals surface area contributed by atoms with E-state index in [9.17, 15) is 18.4 Å². The van der Waals surface area contributed by atoms with Crippen molar-refractivity contribution in [1.29, 1.82) is 0 Å². The van der Waals surface area contributed by atoms with E-state index in [-0.39, 0.29) is 23.8 Å². The van der Waals surface area contributed by atoms with Gasteiger partial charge in [0.2, 0.25) is 11.8 Å². The van der Waals surface area contributed by atoms with Gasteiger partial charge in [-0.3, -0.25) is 9.59 Å². The van der Waals surface area contributed by atoms with Crippen LogP contribution in [0.4, 0.5) is 20.3 Å². The predicted molar refractivity (Wildman–Crippen MR) is 99.7 cm³/mol. The van der Waals surface area contributed by atoms with Crippen LogP contribution in [0.2, 0.25) is 0 Å². The number of amides is 2. The molecule has 0 unspecified atom stereocenters. The average molecular weight is 382 g/mol. The van der Waals surface area contributed by atoms with Crippen LogP contribution in [-0.2, 0) is 9.59 Å². The number of hydrogen-bond donors (Lipinski definition) is 2. The first-order valence-electron chi connectivity index (χ1n) is 8.64. The molecule has 0 aliphatic carbocycles. The molecule has 1 atom stereocenters. The van der Waals surface area contributed by atoms with Crippen LogP contribution in [0.1, 0.15) is 18.0 Å². The molecule has 3 aromatic rings. The highest BCUT2D eigenvalue weighted by molar-refractivity contribution is 6.02. The van der Waals surface area contributed by atoms with Crippen LogP contribution in [0, 0.1) is 18.6 Å². The first kappa shape index (κ1) is 17.8. The normalized spacial score (nSPS) is 15.7. The van der Waals surface area contributed by atoms with Crippen LogP contribution in [0.5, 0.6) is 0 Å². The van der Waals surface area contributed by atoms with Crippen LogP contribution < -0.4 is 10.6 Å². The van der Waals surface area contributed by atoms with Crippen molar-refractivity contribution in [2.75, 3.05) is 10.6 Å². The molecule has 2 N–H and O–H groups in total. The smallest absolute Gasteiger partial charge is 0.249 e. The van der Waals surface area contributed by atoms with Gasteiger partial charge in [-0.2, -0.15) is 5.10 Å². The Bertz CT molecular complexity index is 1080. The summed E-state index contributed by atoms with van der Waals surface area (Å²) in [7, 11) is 0. The van der Waals surface area contributed by atoms with Crippen molar-refractivity contribution < 1.29 is 18.4 Å². The molecular weight excluding hydrogens is 366 g/mol. The topological polar surface area (TPSA) is 76.0 Å². The summed E-state index contributed by atoms with van der Waals surface area (Å²) in [4.78, 5) is 24.9. The van der Waals surface area contributed by atoms with Crippen molar-refractivity contribution >= 4 is 23.3 Å². The van der Waals surface area contributed by atoms with Crippen LogP contribution >= 0.6 is 0 Å². The monoisotopic (exact) mass is 382 g/mol. The van der Waals surface area contributed by atoms with E-state index < -0.39 is 17.8 Å². The maximum atomic E-state index is 13.9. The molecule has 0 bridgehead atoms. The zero-order chi connectivity index (χ0) is 19.8. The molecule has 4 rings (SSSR count). The van der Waals surface area contributed by atoms with Crippen molar-refractivity contribution in [3.05, 3.63) is 65.7 Å². The largest absolute Gasteiger partial charge is 0.322 e. The number of benzene rings is 2. The van der Waals surface area contributed by atoms with Crippen molar-refractivity contribution in [2.45, 2.75) is 19.4 Å². The molecule has 0 saturated carbocycles. The zero-order valence-corrected chi connectivity index (χ0v) is 14.9. The molecule has 0 saturated heterocycles. The zero-order valence-electron chi connectivity index (χ0n) is 14.9. The Morgan fingerprint density at radius 3 is 2.61 bits per heavy atom. The molecule has 0 radical (unpaired) electrons. The number of para-hydroxylation sites is 1. The fourth-order valence-corrected chi connectivity index (χ4v) is 3.20. The van der Waals surface area contributed by atoms with Gasteiger partial charge in [0.1, 0.15) is 23.5 Å². The number of anilines is 2. The number of rotatable bonds is 3. The van der Waals surface area contributed by atoms with Gasteiger partial charge in [0.15, 0.2) is 0 Å². The van der Waals surface area contributed by atoms with E-state index >= 15 is 0 Å². The summed E-state index contributed by atoms with van der Waals surface area (Å²) < 4.78 is 28.5. The fraction of sp³-hybridized carbons (Fsp3) is 0.150. The minimum Gasteiger partial charge on any atom is -0.322 e. The van der Waals surface area contributed by atoms with Gasteiger partial charge in [-0.1, -0.05) is 12.1 Å². The van der Waals surface area contributed by atoms with Gasteiger partial charge in [0.05, 0.1) is 17.8 Å². The van der Waals surface area contributed by atoms with Gasteiger partial charge in [-0.05, 0) is 43.3 Å². The first-order chi connectivity index (χ1) is 13.4. The second kappa shape index (κ2) is 6.88. The van der Waals surface area contributed by atoms with Crippen LogP contribution in [0.3, 0.4) is 0 Å². The summed E-state index contributed by atoms with van der Waals surface area (Å²) in [6.45, 7) is 1.76. The molecule has 0 spiro atoms. The van der Waals surface area contributed by atoms with Crippen molar-refractivity contribution in [2.24, 2.45) is 0 Å². The average Bonchev–Trinajstić information content (AvgIpc) is 3.00. The molecule has 2 amide bonds. The lowest BCUT2D eigenvalue weighted by molar-refractivity contribution is -0.125. The predicted octanol–water partition coefficient (Wildman–Crippen LogP) is 3.66. The van der Waals surface area contributed by atoms with Crippen LogP contribution in [0.15, 0.2) is 48.5 Å². The Hall–Kier alpha value is -3.55. The van der Waals surface area contributed by atoms with E-state index in [1.165, 1.54) is 35.0 Å². The molecule has 2 aromatic carbocycles. The van der Waals surface area contributed by atoms with E-state index in [2.05, 4.69) is 15.7 Å². The molecule has 6 nitrogen and oxygen atoms in total. The Morgan fingerprint density at radius 1 is 1.18 bits per heavy atom. The second-order valence-corrected chi connectivity index (χ2v) is 6.51. The highest BCUT2D eigenvalue weighted by atomic mass is 19.1. The Labute approximate surface area is 159 Å². The van der Waals surface area contributed by atoms with Crippen LogP contribution in [-0.4, -0.2) is 21.6 Å². The molecule has 1 aliphatic rings. The number of fused-ring (bicyclic) bond motifs is 1. The summed E-state index contributed by atoms with van der Waals surface area (Å²) in [5.74, 6) is -1.44. The van der Waals surface area contributed by atoms with Crippen molar-refractivity contribution in [3.8, 4) is 11.3 Å². The lowest BCUT2D eigenvalue weighted by Gasteiger charge is -2.24. The molecule has 1 aliphatic heterocycles. The summed E-state index contributed by atoms with van der Waals surface area (Å²) in [5, 5.41) is 9.71. The second-order valence-electron chi connectivity index (χ2n) is 6.51. The van der Waals surface area contributed by atoms with Gasteiger partial charge >= 0.3 is 0 Å². The van der Waals surface area contributed by atoms with Crippen molar-refractivity contribution in [1.82, 2.24) is 9.78 Å². The maximum absolute atomic E-state index is 13.9. The maximum Gasteiger partial charge on any atom is 0.249 e. The molecule has 0 fully saturated rings. The minimum absolute atomic E-state index is 0.0302.